The van der Waals surface area contributed by atoms with Crippen LogP contribution < -0.4 is 5.32 Å². The summed E-state index contributed by atoms with van der Waals surface area (Å²) in [5.41, 5.74) is -0.773. The number of nitrogens with zero attached hydrogens (tertiary/aromatic N) is 2. The highest BCUT2D eigenvalue weighted by Crippen LogP contribution is 2.20. The molecule has 1 N–H and O–H groups in total. The normalized spacial score (nSPS) is 13.7. The highest BCUT2D eigenvalue weighted by molar-refractivity contribution is 7.11. The first kappa shape index (κ1) is 19.9. The van der Waals surface area contributed by atoms with E-state index in [0.29, 0.717) is 13.1 Å². The van der Waals surface area contributed by atoms with Gasteiger partial charge >= 0.3 is 6.09 Å². The predicted molar refractivity (Wildman–Crippen MR) is 96.0 cm³/mol. The van der Waals surface area contributed by atoms with Gasteiger partial charge in [-0.25, -0.2) is 9.78 Å². The van der Waals surface area contributed by atoms with Gasteiger partial charge in [-0.15, -0.1) is 11.3 Å². The zero-order valence-corrected chi connectivity index (χ0v) is 16.5. The van der Waals surface area contributed by atoms with Gasteiger partial charge in [0.1, 0.15) is 10.6 Å². The summed E-state index contributed by atoms with van der Waals surface area (Å²) in [5.74, 6) is 0. The van der Waals surface area contributed by atoms with Crippen molar-refractivity contribution in [1.29, 1.82) is 0 Å². The predicted octanol–water partition coefficient (Wildman–Crippen LogP) is 4.14. The molecule has 132 valence electrons. The second-order valence-corrected chi connectivity index (χ2v) is 9.05. The van der Waals surface area contributed by atoms with Gasteiger partial charge in [0.15, 0.2) is 0 Å². The molecular weight excluding hydrogens is 310 g/mol. The quantitative estimate of drug-likeness (QED) is 0.874. The van der Waals surface area contributed by atoms with Crippen LogP contribution in [0.5, 0.6) is 0 Å². The molecule has 0 bridgehead atoms. The van der Waals surface area contributed by atoms with Crippen molar-refractivity contribution in [2.24, 2.45) is 0 Å². The lowest BCUT2D eigenvalue weighted by Gasteiger charge is -2.37. The molecule has 1 unspecified atom stereocenters. The summed E-state index contributed by atoms with van der Waals surface area (Å²) in [4.78, 5) is 19.8. The third-order valence-electron chi connectivity index (χ3n) is 3.22. The number of nitrogens with one attached hydrogen (secondary N) is 1. The van der Waals surface area contributed by atoms with Crippen molar-refractivity contribution < 1.29 is 9.53 Å². The summed E-state index contributed by atoms with van der Waals surface area (Å²) in [6.07, 6.45) is 1.62. The fourth-order valence-corrected chi connectivity index (χ4v) is 2.87. The summed E-state index contributed by atoms with van der Waals surface area (Å²) in [7, 11) is 0. The number of hydrogen-bond acceptors (Lipinski definition) is 5. The van der Waals surface area contributed by atoms with E-state index in [1.54, 1.807) is 16.2 Å². The smallest absolute Gasteiger partial charge is 0.410 e. The van der Waals surface area contributed by atoms with Crippen molar-refractivity contribution in [3.05, 3.63) is 16.1 Å². The van der Waals surface area contributed by atoms with Gasteiger partial charge in [-0.1, -0.05) is 0 Å². The molecule has 0 aliphatic rings. The van der Waals surface area contributed by atoms with E-state index >= 15 is 0 Å². The molecule has 0 spiro atoms. The van der Waals surface area contributed by atoms with Crippen LogP contribution in [-0.2, 0) is 4.74 Å². The molecule has 5 nitrogen and oxygen atoms in total. The van der Waals surface area contributed by atoms with Gasteiger partial charge < -0.3 is 15.0 Å². The van der Waals surface area contributed by atoms with Crippen molar-refractivity contribution in [3.63, 3.8) is 0 Å². The number of rotatable bonds is 5. The van der Waals surface area contributed by atoms with Crippen LogP contribution in [-0.4, -0.2) is 40.2 Å². The first-order chi connectivity index (χ1) is 10.4. The lowest BCUT2D eigenvalue weighted by molar-refractivity contribution is 0.00649. The minimum absolute atomic E-state index is 0.175. The van der Waals surface area contributed by atoms with E-state index in [-0.39, 0.29) is 17.7 Å². The number of aryl methyl sites for hydroxylation is 1. The number of carbonyl (C=O) groups is 1. The second-order valence-electron chi connectivity index (χ2n) is 7.79. The number of hydrogen-bond donors (Lipinski definition) is 1. The third-order valence-corrected chi connectivity index (χ3v) is 4.31. The fourth-order valence-electron chi connectivity index (χ4n) is 2.07. The highest BCUT2D eigenvalue weighted by Gasteiger charge is 2.30. The van der Waals surface area contributed by atoms with Gasteiger partial charge in [-0.05, 0) is 55.4 Å². The maximum Gasteiger partial charge on any atom is 0.410 e. The molecular formula is C17H31N3O2S. The van der Waals surface area contributed by atoms with E-state index in [1.807, 2.05) is 47.7 Å². The minimum Gasteiger partial charge on any atom is -0.444 e. The largest absolute Gasteiger partial charge is 0.444 e. The summed E-state index contributed by atoms with van der Waals surface area (Å²) in [6.45, 7) is 17.1. The molecule has 0 saturated carbocycles. The van der Waals surface area contributed by atoms with Gasteiger partial charge in [0.05, 0.1) is 6.04 Å². The van der Waals surface area contributed by atoms with Crippen LogP contribution in [0.1, 0.15) is 64.4 Å². The van der Waals surface area contributed by atoms with Crippen LogP contribution in [0.15, 0.2) is 6.20 Å². The Morgan fingerprint density at radius 3 is 2.39 bits per heavy atom. The molecule has 1 amide bonds. The van der Waals surface area contributed by atoms with Gasteiger partial charge in [0, 0.05) is 29.7 Å². The zero-order valence-electron chi connectivity index (χ0n) is 15.7. The van der Waals surface area contributed by atoms with E-state index in [1.165, 1.54) is 4.88 Å². The Morgan fingerprint density at radius 2 is 1.96 bits per heavy atom. The molecule has 0 aliphatic heterocycles. The Hall–Kier alpha value is -1.14. The number of ether oxygens (including phenoxy) is 1. The first-order valence-corrected chi connectivity index (χ1v) is 8.88. The van der Waals surface area contributed by atoms with Crippen LogP contribution in [0.25, 0.3) is 0 Å². The fraction of sp³-hybridized carbons (Fsp3) is 0.765. The van der Waals surface area contributed by atoms with Gasteiger partial charge in [-0.3, -0.25) is 0 Å². The molecule has 1 aromatic heterocycles. The Balaban J connectivity index is 2.60. The molecule has 0 aliphatic carbocycles. The topological polar surface area (TPSA) is 54.5 Å². The van der Waals surface area contributed by atoms with E-state index in [9.17, 15) is 4.79 Å². The summed E-state index contributed by atoms with van der Waals surface area (Å²) in [5, 5.41) is 4.50. The lowest BCUT2D eigenvalue weighted by atomic mass is 10.1. The first-order valence-electron chi connectivity index (χ1n) is 8.06. The summed E-state index contributed by atoms with van der Waals surface area (Å²) in [6, 6.07) is 0.175. The van der Waals surface area contributed by atoms with E-state index in [4.69, 9.17) is 4.74 Å². The Morgan fingerprint density at radius 1 is 1.35 bits per heavy atom. The van der Waals surface area contributed by atoms with Crippen LogP contribution in [0.4, 0.5) is 4.79 Å². The molecule has 1 heterocycles. The van der Waals surface area contributed by atoms with Crippen LogP contribution in [0.2, 0.25) is 0 Å². The molecule has 6 heteroatoms. The van der Waals surface area contributed by atoms with Gasteiger partial charge in [0.2, 0.25) is 0 Å². The second kappa shape index (κ2) is 7.62. The zero-order chi connectivity index (χ0) is 17.8. The monoisotopic (exact) mass is 341 g/mol. The SMILES string of the molecule is Cc1cnc(C(C)NCCN(C(=O)OC(C)(C)C)C(C)(C)C)s1. The Bertz CT molecular complexity index is 515. The van der Waals surface area contributed by atoms with Crippen molar-refractivity contribution in [2.45, 2.75) is 72.6 Å². The molecule has 1 rings (SSSR count). The Labute approximate surface area is 144 Å². The van der Waals surface area contributed by atoms with Gasteiger partial charge in [-0.2, -0.15) is 0 Å². The molecule has 1 aromatic rings. The highest BCUT2D eigenvalue weighted by atomic mass is 32.1. The maximum atomic E-state index is 12.4. The van der Waals surface area contributed by atoms with E-state index in [2.05, 4.69) is 24.1 Å². The molecule has 0 saturated heterocycles. The molecule has 0 radical (unpaired) electrons. The Kier molecular flexibility index (Phi) is 6.59. The number of aromatic nitrogens is 1. The maximum absolute atomic E-state index is 12.4. The lowest BCUT2D eigenvalue weighted by Crippen LogP contribution is -2.50. The average Bonchev–Trinajstić information content (AvgIpc) is 2.77. The molecule has 0 aromatic carbocycles. The number of thiazole rings is 1. The summed E-state index contributed by atoms with van der Waals surface area (Å²) >= 11 is 1.70. The van der Waals surface area contributed by atoms with Crippen molar-refractivity contribution >= 4 is 17.4 Å². The van der Waals surface area contributed by atoms with Crippen LogP contribution in [0.3, 0.4) is 0 Å². The average molecular weight is 342 g/mol. The van der Waals surface area contributed by atoms with E-state index < -0.39 is 5.60 Å². The van der Waals surface area contributed by atoms with Crippen molar-refractivity contribution in [2.75, 3.05) is 13.1 Å². The minimum atomic E-state index is -0.486. The van der Waals surface area contributed by atoms with Crippen molar-refractivity contribution in [1.82, 2.24) is 15.2 Å². The standard InChI is InChI=1S/C17H31N3O2S/c1-12-11-19-14(23-12)13(2)18-9-10-20(16(3,4)5)15(21)22-17(6,7)8/h11,13,18H,9-10H2,1-8H3. The summed E-state index contributed by atoms with van der Waals surface area (Å²) < 4.78 is 5.52. The number of amides is 1. The van der Waals surface area contributed by atoms with Crippen molar-refractivity contribution in [3.8, 4) is 0 Å². The molecule has 0 fully saturated rings. The third kappa shape index (κ3) is 6.87. The van der Waals surface area contributed by atoms with E-state index in [0.717, 1.165) is 5.01 Å². The molecule has 23 heavy (non-hydrogen) atoms. The van der Waals surface area contributed by atoms with Gasteiger partial charge in [0.25, 0.3) is 0 Å². The van der Waals surface area contributed by atoms with Crippen LogP contribution in [0, 0.1) is 6.92 Å². The van der Waals surface area contributed by atoms with Crippen LogP contribution >= 0.6 is 11.3 Å². The number of carbonyl (C=O) groups excluding carboxylic acids is 1. The molecule has 1 atom stereocenters.